The number of aromatic nitrogens is 1. The molecule has 0 unspecified atom stereocenters. The van der Waals surface area contributed by atoms with Gasteiger partial charge >= 0.3 is 0 Å². The van der Waals surface area contributed by atoms with Crippen LogP contribution >= 0.6 is 11.6 Å². The van der Waals surface area contributed by atoms with E-state index in [1.165, 1.54) is 13.8 Å². The number of ketones is 2. The lowest BCUT2D eigenvalue weighted by molar-refractivity contribution is -0.116. The van der Waals surface area contributed by atoms with Crippen LogP contribution in [0.15, 0.2) is 54.6 Å². The molecule has 1 heterocycles. The molecule has 3 aromatic rings. The molecule has 4 nitrogen and oxygen atoms in total. The van der Waals surface area contributed by atoms with Gasteiger partial charge in [0, 0.05) is 22.4 Å². The largest absolute Gasteiger partial charge is 0.384 e. The maximum absolute atomic E-state index is 11.6. The number of hydrogen-bond donors (Lipinski definition) is 1. The number of nitrogens with zero attached hydrogens (tertiary/aromatic N) is 1. The summed E-state index contributed by atoms with van der Waals surface area (Å²) in [4.78, 5) is 27.0. The van der Waals surface area contributed by atoms with Crippen molar-refractivity contribution in [2.75, 3.05) is 5.73 Å². The molecule has 0 amide bonds. The first-order chi connectivity index (χ1) is 11.9. The molecule has 0 spiro atoms. The van der Waals surface area contributed by atoms with Gasteiger partial charge in [-0.3, -0.25) is 9.59 Å². The number of fused-ring (bicyclic) bond motifs is 1. The Balaban J connectivity index is 0.000000269. The van der Waals surface area contributed by atoms with E-state index in [1.807, 2.05) is 36.4 Å². The summed E-state index contributed by atoms with van der Waals surface area (Å²) in [5.41, 5.74) is 7.63. The van der Waals surface area contributed by atoms with Gasteiger partial charge in [-0.2, -0.15) is 0 Å². The van der Waals surface area contributed by atoms with Crippen molar-refractivity contribution in [1.29, 1.82) is 0 Å². The summed E-state index contributed by atoms with van der Waals surface area (Å²) in [5, 5.41) is 1.61. The Morgan fingerprint density at radius 3 is 2.20 bits per heavy atom. The Kier molecular flexibility index (Phi) is 6.25. The fourth-order valence-corrected chi connectivity index (χ4v) is 2.56. The van der Waals surface area contributed by atoms with E-state index >= 15 is 0 Å². The first kappa shape index (κ1) is 18.6. The summed E-state index contributed by atoms with van der Waals surface area (Å²) >= 11 is 5.54. The van der Waals surface area contributed by atoms with Crippen molar-refractivity contribution < 1.29 is 9.59 Å². The topological polar surface area (TPSA) is 73.0 Å². The Labute approximate surface area is 151 Å². The zero-order valence-corrected chi connectivity index (χ0v) is 14.9. The highest BCUT2D eigenvalue weighted by atomic mass is 35.5. The summed E-state index contributed by atoms with van der Waals surface area (Å²) in [6, 6.07) is 16.4. The van der Waals surface area contributed by atoms with Crippen LogP contribution in [0.2, 0.25) is 5.02 Å². The molecule has 25 heavy (non-hydrogen) atoms. The van der Waals surface area contributed by atoms with Crippen LogP contribution in [-0.2, 0) is 11.2 Å². The van der Waals surface area contributed by atoms with E-state index < -0.39 is 0 Å². The van der Waals surface area contributed by atoms with Crippen LogP contribution < -0.4 is 5.73 Å². The molecule has 3 rings (SSSR count). The zero-order valence-electron chi connectivity index (χ0n) is 14.1. The lowest BCUT2D eigenvalue weighted by Gasteiger charge is -2.08. The molecule has 5 heteroatoms. The summed E-state index contributed by atoms with van der Waals surface area (Å²) in [6.45, 7) is 3.03. The third kappa shape index (κ3) is 5.13. The minimum Gasteiger partial charge on any atom is -0.384 e. The van der Waals surface area contributed by atoms with Gasteiger partial charge in [0.15, 0.2) is 5.78 Å². The van der Waals surface area contributed by atoms with Crippen LogP contribution in [0, 0.1) is 0 Å². The third-order valence-electron chi connectivity index (χ3n) is 3.52. The van der Waals surface area contributed by atoms with Gasteiger partial charge < -0.3 is 5.73 Å². The SMILES string of the molecule is CC(=O)Cc1ccc(C(C)=O)c2nc(N)ccc12.Clc1ccccc1. The number of halogens is 1. The standard InChI is InChI=1S/C14H14N2O2.C6H5Cl/c1-8(17)7-10-3-4-11(9(2)18)14-12(10)5-6-13(15)16-14;7-6-4-2-1-3-5-6/h3-6H,7H2,1-2H3,(H2,15,16);1-5H. The van der Waals surface area contributed by atoms with E-state index in [2.05, 4.69) is 4.98 Å². The first-order valence-electron chi connectivity index (χ1n) is 7.77. The monoisotopic (exact) mass is 354 g/mol. The second-order valence-corrected chi connectivity index (χ2v) is 6.07. The smallest absolute Gasteiger partial charge is 0.161 e. The Hall–Kier alpha value is -2.72. The van der Waals surface area contributed by atoms with Crippen molar-refractivity contribution in [1.82, 2.24) is 4.98 Å². The van der Waals surface area contributed by atoms with Crippen LogP contribution in [0.25, 0.3) is 10.9 Å². The van der Waals surface area contributed by atoms with Crippen molar-refractivity contribution in [2.24, 2.45) is 0 Å². The summed E-state index contributed by atoms with van der Waals surface area (Å²) in [5.74, 6) is 0.376. The summed E-state index contributed by atoms with van der Waals surface area (Å²) < 4.78 is 0. The van der Waals surface area contributed by atoms with Gasteiger partial charge in [0.05, 0.1) is 5.52 Å². The number of benzene rings is 2. The van der Waals surface area contributed by atoms with E-state index in [1.54, 1.807) is 18.2 Å². The minimum atomic E-state index is -0.0625. The molecule has 0 aliphatic carbocycles. The van der Waals surface area contributed by atoms with E-state index in [-0.39, 0.29) is 11.6 Å². The van der Waals surface area contributed by atoms with Crippen molar-refractivity contribution in [2.45, 2.75) is 20.3 Å². The molecule has 0 saturated carbocycles. The van der Waals surface area contributed by atoms with Crippen LogP contribution in [0.1, 0.15) is 29.8 Å². The summed E-state index contributed by atoms with van der Waals surface area (Å²) in [7, 11) is 0. The second-order valence-electron chi connectivity index (χ2n) is 5.64. The van der Waals surface area contributed by atoms with Gasteiger partial charge in [-0.1, -0.05) is 35.9 Å². The number of nitrogen functional groups attached to an aromatic ring is 1. The highest BCUT2D eigenvalue weighted by Gasteiger charge is 2.12. The molecule has 0 aliphatic heterocycles. The van der Waals surface area contributed by atoms with Gasteiger partial charge in [-0.15, -0.1) is 0 Å². The van der Waals surface area contributed by atoms with E-state index in [0.29, 0.717) is 23.3 Å². The minimum absolute atomic E-state index is 0.0625. The summed E-state index contributed by atoms with van der Waals surface area (Å²) in [6.07, 6.45) is 0.334. The number of rotatable bonds is 3. The third-order valence-corrected chi connectivity index (χ3v) is 3.77. The van der Waals surface area contributed by atoms with E-state index in [4.69, 9.17) is 17.3 Å². The Bertz CT molecular complexity index is 908. The van der Waals surface area contributed by atoms with Crippen molar-refractivity contribution in [3.63, 3.8) is 0 Å². The molecule has 1 aromatic heterocycles. The molecule has 128 valence electrons. The molecule has 0 bridgehead atoms. The molecule has 0 saturated heterocycles. The molecular weight excluding hydrogens is 336 g/mol. The quantitative estimate of drug-likeness (QED) is 0.703. The van der Waals surface area contributed by atoms with Gasteiger partial charge in [-0.25, -0.2) is 4.98 Å². The molecule has 0 atom stereocenters. The van der Waals surface area contributed by atoms with Crippen molar-refractivity contribution in [3.05, 3.63) is 70.7 Å². The normalized spacial score (nSPS) is 10.0. The molecule has 0 radical (unpaired) electrons. The van der Waals surface area contributed by atoms with Gasteiger partial charge in [0.2, 0.25) is 0 Å². The predicted molar refractivity (Wildman–Crippen MR) is 102 cm³/mol. The number of Topliss-reactive ketones (excluding diaryl/α,β-unsaturated/α-hetero) is 2. The molecule has 2 N–H and O–H groups in total. The number of hydrogen-bond acceptors (Lipinski definition) is 4. The number of carbonyl (C=O) groups excluding carboxylic acids is 2. The Morgan fingerprint density at radius 1 is 1.00 bits per heavy atom. The molecule has 0 fully saturated rings. The highest BCUT2D eigenvalue weighted by molar-refractivity contribution is 6.30. The molecule has 2 aromatic carbocycles. The number of carbonyl (C=O) groups is 2. The lowest BCUT2D eigenvalue weighted by Crippen LogP contribution is -2.03. The highest BCUT2D eigenvalue weighted by Crippen LogP contribution is 2.23. The van der Waals surface area contributed by atoms with Crippen LogP contribution in [0.4, 0.5) is 5.82 Å². The molecular formula is C20H19ClN2O2. The average Bonchev–Trinajstić information content (AvgIpc) is 2.55. The Morgan fingerprint density at radius 2 is 1.68 bits per heavy atom. The average molecular weight is 355 g/mol. The van der Waals surface area contributed by atoms with Crippen LogP contribution in [-0.4, -0.2) is 16.6 Å². The second kappa shape index (κ2) is 8.40. The fraction of sp³-hybridized carbons (Fsp3) is 0.150. The predicted octanol–water partition coefficient (Wildman–Crippen LogP) is 4.49. The fourth-order valence-electron chi connectivity index (χ4n) is 2.41. The zero-order chi connectivity index (χ0) is 18.4. The van der Waals surface area contributed by atoms with E-state index in [0.717, 1.165) is 16.0 Å². The number of anilines is 1. The van der Waals surface area contributed by atoms with Gasteiger partial charge in [0.25, 0.3) is 0 Å². The van der Waals surface area contributed by atoms with Gasteiger partial charge in [-0.05, 0) is 49.7 Å². The molecule has 0 aliphatic rings. The van der Waals surface area contributed by atoms with Crippen molar-refractivity contribution in [3.8, 4) is 0 Å². The van der Waals surface area contributed by atoms with E-state index in [9.17, 15) is 9.59 Å². The van der Waals surface area contributed by atoms with Crippen molar-refractivity contribution >= 4 is 39.9 Å². The number of pyridine rings is 1. The van der Waals surface area contributed by atoms with Gasteiger partial charge in [0.1, 0.15) is 11.6 Å². The number of nitrogens with two attached hydrogens (primary N) is 1. The maximum Gasteiger partial charge on any atom is 0.161 e. The van der Waals surface area contributed by atoms with Crippen LogP contribution in [0.3, 0.4) is 0 Å². The van der Waals surface area contributed by atoms with Crippen LogP contribution in [0.5, 0.6) is 0 Å². The first-order valence-corrected chi connectivity index (χ1v) is 8.15. The maximum atomic E-state index is 11.6. The lowest BCUT2D eigenvalue weighted by atomic mass is 9.98.